The zero-order valence-corrected chi connectivity index (χ0v) is 15.3. The molecule has 0 amide bonds. The van der Waals surface area contributed by atoms with Gasteiger partial charge in [-0.3, -0.25) is 9.88 Å². The van der Waals surface area contributed by atoms with Crippen LogP contribution in [0.4, 0.5) is 0 Å². The third-order valence-corrected chi connectivity index (χ3v) is 4.89. The summed E-state index contributed by atoms with van der Waals surface area (Å²) in [5, 5.41) is 0. The predicted octanol–water partition coefficient (Wildman–Crippen LogP) is 3.47. The van der Waals surface area contributed by atoms with Crippen LogP contribution in [0.1, 0.15) is 41.4 Å². The molecule has 3 aromatic rings. The van der Waals surface area contributed by atoms with Gasteiger partial charge in [0.2, 0.25) is 0 Å². The van der Waals surface area contributed by atoms with Crippen LogP contribution in [0, 0.1) is 6.92 Å². The lowest BCUT2D eigenvalue weighted by Gasteiger charge is -2.33. The molecule has 1 aliphatic rings. The van der Waals surface area contributed by atoms with Crippen LogP contribution in [-0.2, 0) is 31.0 Å². The van der Waals surface area contributed by atoms with Gasteiger partial charge in [-0.2, -0.15) is 0 Å². The zero-order chi connectivity index (χ0) is 17.9. The molecule has 6 nitrogen and oxygen atoms in total. The summed E-state index contributed by atoms with van der Waals surface area (Å²) < 4.78 is 13.7. The van der Waals surface area contributed by atoms with Crippen LogP contribution in [0.5, 0.6) is 0 Å². The standard InChI is InChI=1S/C20H24N4O2/c1-15-8-17(10-21-9-15)13-25-14-18-11-22-20-16(2)23(5-6-24(18)20)12-19-4-3-7-26-19/h3-4,7-11,16H,5-6,12-14H2,1-2H3/t16-/m1/s1. The lowest BCUT2D eigenvalue weighted by molar-refractivity contribution is 0.0960. The van der Waals surface area contributed by atoms with Gasteiger partial charge in [0.25, 0.3) is 0 Å². The van der Waals surface area contributed by atoms with E-state index in [4.69, 9.17) is 9.15 Å². The quantitative estimate of drug-likeness (QED) is 0.680. The average molecular weight is 352 g/mol. The first-order valence-corrected chi connectivity index (χ1v) is 8.99. The van der Waals surface area contributed by atoms with E-state index in [1.54, 1.807) is 6.26 Å². The van der Waals surface area contributed by atoms with Gasteiger partial charge >= 0.3 is 0 Å². The van der Waals surface area contributed by atoms with Crippen molar-refractivity contribution in [3.8, 4) is 0 Å². The third kappa shape index (κ3) is 3.57. The summed E-state index contributed by atoms with van der Waals surface area (Å²) in [6, 6.07) is 6.31. The van der Waals surface area contributed by atoms with Gasteiger partial charge < -0.3 is 13.7 Å². The number of rotatable bonds is 6. The molecule has 4 rings (SSSR count). The van der Waals surface area contributed by atoms with Gasteiger partial charge in [-0.1, -0.05) is 6.07 Å². The van der Waals surface area contributed by atoms with Crippen molar-refractivity contribution >= 4 is 0 Å². The number of furan rings is 1. The summed E-state index contributed by atoms with van der Waals surface area (Å²) >= 11 is 0. The molecular formula is C20H24N4O2. The van der Waals surface area contributed by atoms with Crippen LogP contribution in [0.2, 0.25) is 0 Å². The molecule has 136 valence electrons. The maximum atomic E-state index is 5.90. The highest BCUT2D eigenvalue weighted by Crippen LogP contribution is 2.27. The first kappa shape index (κ1) is 17.0. The Labute approximate surface area is 153 Å². The number of imidazole rings is 1. The number of pyridine rings is 1. The molecule has 0 bridgehead atoms. The minimum Gasteiger partial charge on any atom is -0.468 e. The van der Waals surface area contributed by atoms with Crippen LogP contribution in [0.25, 0.3) is 0 Å². The van der Waals surface area contributed by atoms with Gasteiger partial charge in [-0.15, -0.1) is 0 Å². The Morgan fingerprint density at radius 2 is 2.15 bits per heavy atom. The van der Waals surface area contributed by atoms with Crippen LogP contribution in [0.3, 0.4) is 0 Å². The van der Waals surface area contributed by atoms with E-state index in [1.165, 1.54) is 0 Å². The maximum Gasteiger partial charge on any atom is 0.126 e. The highest BCUT2D eigenvalue weighted by atomic mass is 16.5. The highest BCUT2D eigenvalue weighted by Gasteiger charge is 2.27. The molecule has 26 heavy (non-hydrogen) atoms. The maximum absolute atomic E-state index is 5.90. The van der Waals surface area contributed by atoms with Crippen molar-refractivity contribution in [1.82, 2.24) is 19.4 Å². The van der Waals surface area contributed by atoms with E-state index in [0.717, 1.165) is 48.0 Å². The van der Waals surface area contributed by atoms with Crippen molar-refractivity contribution in [1.29, 1.82) is 0 Å². The zero-order valence-electron chi connectivity index (χ0n) is 15.3. The van der Waals surface area contributed by atoms with Gasteiger partial charge in [-0.25, -0.2) is 4.98 Å². The molecule has 4 heterocycles. The normalized spacial score (nSPS) is 17.4. The average Bonchev–Trinajstić information content (AvgIpc) is 3.28. The summed E-state index contributed by atoms with van der Waals surface area (Å²) in [6.07, 6.45) is 7.38. The predicted molar refractivity (Wildman–Crippen MR) is 97.2 cm³/mol. The molecule has 3 aromatic heterocycles. The van der Waals surface area contributed by atoms with E-state index < -0.39 is 0 Å². The van der Waals surface area contributed by atoms with Crippen molar-refractivity contribution in [2.45, 2.75) is 46.2 Å². The number of aryl methyl sites for hydroxylation is 1. The third-order valence-electron chi connectivity index (χ3n) is 4.89. The van der Waals surface area contributed by atoms with Crippen molar-refractivity contribution in [3.63, 3.8) is 0 Å². The van der Waals surface area contributed by atoms with Gasteiger partial charge in [0.1, 0.15) is 11.6 Å². The minimum atomic E-state index is 0.253. The molecule has 0 spiro atoms. The molecule has 0 N–H and O–H groups in total. The minimum absolute atomic E-state index is 0.253. The van der Waals surface area contributed by atoms with Gasteiger partial charge in [0.05, 0.1) is 44.0 Å². The van der Waals surface area contributed by atoms with Crippen molar-refractivity contribution in [3.05, 3.63) is 71.5 Å². The summed E-state index contributed by atoms with van der Waals surface area (Å²) in [4.78, 5) is 11.3. The molecule has 0 radical (unpaired) electrons. The molecule has 0 unspecified atom stereocenters. The van der Waals surface area contributed by atoms with E-state index >= 15 is 0 Å². The molecular weight excluding hydrogens is 328 g/mol. The molecule has 0 aromatic carbocycles. The first-order valence-electron chi connectivity index (χ1n) is 8.99. The van der Waals surface area contributed by atoms with Crippen LogP contribution in [0.15, 0.2) is 47.5 Å². The van der Waals surface area contributed by atoms with Gasteiger partial charge in [0.15, 0.2) is 0 Å². The molecule has 0 saturated carbocycles. The number of nitrogens with zero attached hydrogens (tertiary/aromatic N) is 4. The Balaban J connectivity index is 1.38. The van der Waals surface area contributed by atoms with E-state index in [1.807, 2.05) is 37.6 Å². The fourth-order valence-electron chi connectivity index (χ4n) is 3.51. The van der Waals surface area contributed by atoms with Crippen molar-refractivity contribution < 1.29 is 9.15 Å². The molecule has 0 saturated heterocycles. The Bertz CT molecular complexity index is 857. The fourth-order valence-corrected chi connectivity index (χ4v) is 3.51. The summed E-state index contributed by atoms with van der Waals surface area (Å²) in [5.74, 6) is 2.09. The number of hydrogen-bond acceptors (Lipinski definition) is 5. The second-order valence-electron chi connectivity index (χ2n) is 6.85. The van der Waals surface area contributed by atoms with Gasteiger partial charge in [0, 0.05) is 25.5 Å². The van der Waals surface area contributed by atoms with E-state index in [-0.39, 0.29) is 6.04 Å². The van der Waals surface area contributed by atoms with Crippen LogP contribution >= 0.6 is 0 Å². The summed E-state index contributed by atoms with van der Waals surface area (Å²) in [5.41, 5.74) is 3.38. The second-order valence-corrected chi connectivity index (χ2v) is 6.85. The first-order chi connectivity index (χ1) is 12.7. The summed E-state index contributed by atoms with van der Waals surface area (Å²) in [7, 11) is 0. The van der Waals surface area contributed by atoms with Gasteiger partial charge in [-0.05, 0) is 37.1 Å². The number of ether oxygens (including phenoxy) is 1. The largest absolute Gasteiger partial charge is 0.468 e. The van der Waals surface area contributed by atoms with E-state index in [2.05, 4.69) is 32.4 Å². The molecule has 0 fully saturated rings. The fraction of sp³-hybridized carbons (Fsp3) is 0.400. The smallest absolute Gasteiger partial charge is 0.126 e. The second kappa shape index (κ2) is 7.43. The van der Waals surface area contributed by atoms with Crippen molar-refractivity contribution in [2.75, 3.05) is 6.54 Å². The Morgan fingerprint density at radius 1 is 1.23 bits per heavy atom. The Morgan fingerprint density at radius 3 is 2.96 bits per heavy atom. The monoisotopic (exact) mass is 352 g/mol. The van der Waals surface area contributed by atoms with Crippen molar-refractivity contribution in [2.24, 2.45) is 0 Å². The molecule has 1 aliphatic heterocycles. The number of aromatic nitrogens is 3. The SMILES string of the molecule is Cc1cncc(COCc2cnc3n2CCN(Cc2ccco2)[C@@H]3C)c1. The Kier molecular flexibility index (Phi) is 4.86. The van der Waals surface area contributed by atoms with E-state index in [0.29, 0.717) is 13.2 Å². The lowest BCUT2D eigenvalue weighted by atomic mass is 10.2. The molecule has 0 aliphatic carbocycles. The number of fused-ring (bicyclic) bond motifs is 1. The highest BCUT2D eigenvalue weighted by molar-refractivity contribution is 5.16. The molecule has 6 heteroatoms. The lowest BCUT2D eigenvalue weighted by Crippen LogP contribution is -2.37. The number of hydrogen-bond donors (Lipinski definition) is 0. The van der Waals surface area contributed by atoms with Crippen LogP contribution in [-0.4, -0.2) is 26.0 Å². The van der Waals surface area contributed by atoms with E-state index in [9.17, 15) is 0 Å². The Hall–Kier alpha value is -2.44. The molecule has 1 atom stereocenters. The topological polar surface area (TPSA) is 56.3 Å². The summed E-state index contributed by atoms with van der Waals surface area (Å²) in [6.45, 7) is 8.07. The van der Waals surface area contributed by atoms with Crippen LogP contribution < -0.4 is 0 Å².